The lowest BCUT2D eigenvalue weighted by Crippen LogP contribution is -2.15. The summed E-state index contributed by atoms with van der Waals surface area (Å²) in [6, 6.07) is 29.9. The van der Waals surface area contributed by atoms with E-state index in [-0.39, 0.29) is 0 Å². The Morgan fingerprint density at radius 2 is 1.40 bits per heavy atom. The second-order valence-corrected chi connectivity index (χ2v) is 6.48. The molecule has 0 saturated heterocycles. The molecule has 0 atom stereocenters. The Balaban J connectivity index is 1.67. The predicted octanol–water partition coefficient (Wildman–Crippen LogP) is 5.33. The van der Waals surface area contributed by atoms with E-state index in [0.29, 0.717) is 0 Å². The third-order valence-corrected chi connectivity index (χ3v) is 4.67. The molecule has 4 rings (SSSR count). The molecule has 3 aromatic carbocycles. The minimum atomic E-state index is 0.895. The van der Waals surface area contributed by atoms with Crippen LogP contribution in [0.25, 0.3) is 10.9 Å². The van der Waals surface area contributed by atoms with E-state index in [9.17, 15) is 0 Å². The van der Waals surface area contributed by atoms with Gasteiger partial charge in [-0.3, -0.25) is 0 Å². The highest BCUT2D eigenvalue weighted by Crippen LogP contribution is 2.25. The topological polar surface area (TPSA) is 8.17 Å². The molecule has 25 heavy (non-hydrogen) atoms. The van der Waals surface area contributed by atoms with E-state index >= 15 is 0 Å². The number of aromatic nitrogens is 1. The summed E-state index contributed by atoms with van der Waals surface area (Å²) in [6.45, 7) is 1.79. The minimum Gasteiger partial charge on any atom is -0.370 e. The standard InChI is InChI=1S/C23H22N2/c1-24(21-12-6-3-7-13-21)17-20-18-25(16-19-10-4-2-5-11-19)23-15-9-8-14-22(20)23/h2-15,18H,16-17H2,1H3. The molecule has 0 saturated carbocycles. The highest BCUT2D eigenvalue weighted by Gasteiger charge is 2.11. The van der Waals surface area contributed by atoms with Crippen LogP contribution >= 0.6 is 0 Å². The van der Waals surface area contributed by atoms with Gasteiger partial charge in [-0.05, 0) is 29.3 Å². The van der Waals surface area contributed by atoms with Crippen LogP contribution in [-0.2, 0) is 13.1 Å². The third-order valence-electron chi connectivity index (χ3n) is 4.67. The summed E-state index contributed by atoms with van der Waals surface area (Å²) in [5.41, 5.74) is 5.22. The van der Waals surface area contributed by atoms with Crippen LogP contribution in [0.3, 0.4) is 0 Å². The fourth-order valence-electron chi connectivity index (χ4n) is 3.39. The predicted molar refractivity (Wildman–Crippen MR) is 106 cm³/mol. The van der Waals surface area contributed by atoms with Gasteiger partial charge >= 0.3 is 0 Å². The monoisotopic (exact) mass is 326 g/mol. The van der Waals surface area contributed by atoms with Gasteiger partial charge in [-0.15, -0.1) is 0 Å². The van der Waals surface area contributed by atoms with Crippen molar-refractivity contribution in [2.45, 2.75) is 13.1 Å². The summed E-state index contributed by atoms with van der Waals surface area (Å²) in [6.07, 6.45) is 2.30. The third kappa shape index (κ3) is 3.29. The number of nitrogens with zero attached hydrogens (tertiary/aromatic N) is 2. The first kappa shape index (κ1) is 15.5. The van der Waals surface area contributed by atoms with Crippen LogP contribution in [-0.4, -0.2) is 11.6 Å². The highest BCUT2D eigenvalue weighted by molar-refractivity contribution is 5.84. The number of rotatable bonds is 5. The average molecular weight is 326 g/mol. The first-order valence-electron chi connectivity index (χ1n) is 8.68. The zero-order chi connectivity index (χ0) is 17.1. The molecule has 0 aliphatic heterocycles. The maximum atomic E-state index is 2.36. The van der Waals surface area contributed by atoms with Gasteiger partial charge in [-0.1, -0.05) is 66.7 Å². The summed E-state index contributed by atoms with van der Waals surface area (Å²) in [7, 11) is 2.15. The van der Waals surface area contributed by atoms with Crippen molar-refractivity contribution in [1.82, 2.24) is 4.57 Å². The van der Waals surface area contributed by atoms with E-state index in [4.69, 9.17) is 0 Å². The van der Waals surface area contributed by atoms with Gasteiger partial charge in [0.2, 0.25) is 0 Å². The fraction of sp³-hybridized carbons (Fsp3) is 0.130. The number of hydrogen-bond donors (Lipinski definition) is 0. The Kier molecular flexibility index (Phi) is 4.26. The smallest absolute Gasteiger partial charge is 0.0486 e. The molecule has 1 heterocycles. The maximum Gasteiger partial charge on any atom is 0.0486 e. The molecule has 0 unspecified atom stereocenters. The molecule has 0 aliphatic rings. The lowest BCUT2D eigenvalue weighted by Gasteiger charge is -2.18. The average Bonchev–Trinajstić information content (AvgIpc) is 3.01. The van der Waals surface area contributed by atoms with Gasteiger partial charge in [-0.2, -0.15) is 0 Å². The first-order valence-corrected chi connectivity index (χ1v) is 8.68. The van der Waals surface area contributed by atoms with Crippen molar-refractivity contribution in [1.29, 1.82) is 0 Å². The van der Waals surface area contributed by atoms with E-state index in [1.165, 1.54) is 27.7 Å². The van der Waals surface area contributed by atoms with Crippen molar-refractivity contribution < 1.29 is 0 Å². The first-order chi connectivity index (χ1) is 12.3. The minimum absolute atomic E-state index is 0.895. The van der Waals surface area contributed by atoms with Crippen molar-refractivity contribution in [3.63, 3.8) is 0 Å². The van der Waals surface area contributed by atoms with E-state index in [2.05, 4.69) is 108 Å². The Labute approximate surface area is 149 Å². The van der Waals surface area contributed by atoms with E-state index < -0.39 is 0 Å². The highest BCUT2D eigenvalue weighted by atomic mass is 15.1. The quantitative estimate of drug-likeness (QED) is 0.481. The van der Waals surface area contributed by atoms with Crippen molar-refractivity contribution in [2.75, 3.05) is 11.9 Å². The summed E-state index contributed by atoms with van der Waals surface area (Å²) < 4.78 is 2.36. The maximum absolute atomic E-state index is 2.36. The molecule has 124 valence electrons. The van der Waals surface area contributed by atoms with Crippen molar-refractivity contribution in [2.24, 2.45) is 0 Å². The molecule has 0 radical (unpaired) electrons. The van der Waals surface area contributed by atoms with Crippen LogP contribution in [0.2, 0.25) is 0 Å². The summed E-state index contributed by atoms with van der Waals surface area (Å²) >= 11 is 0. The van der Waals surface area contributed by atoms with Crippen LogP contribution in [0, 0.1) is 0 Å². The Hall–Kier alpha value is -3.00. The second-order valence-electron chi connectivity index (χ2n) is 6.48. The van der Waals surface area contributed by atoms with E-state index in [1.807, 2.05) is 0 Å². The molecule has 0 bridgehead atoms. The van der Waals surface area contributed by atoms with Crippen molar-refractivity contribution >= 4 is 16.6 Å². The van der Waals surface area contributed by atoms with Crippen molar-refractivity contribution in [3.8, 4) is 0 Å². The molecule has 1 aromatic heterocycles. The molecule has 2 heteroatoms. The van der Waals surface area contributed by atoms with E-state index in [0.717, 1.165) is 13.1 Å². The van der Waals surface area contributed by atoms with Gasteiger partial charge in [0.25, 0.3) is 0 Å². The van der Waals surface area contributed by atoms with Gasteiger partial charge < -0.3 is 9.47 Å². The molecule has 0 spiro atoms. The van der Waals surface area contributed by atoms with Gasteiger partial charge in [0.15, 0.2) is 0 Å². The number of hydrogen-bond acceptors (Lipinski definition) is 1. The van der Waals surface area contributed by atoms with Crippen LogP contribution < -0.4 is 4.90 Å². The molecule has 0 fully saturated rings. The summed E-state index contributed by atoms with van der Waals surface area (Å²) in [4.78, 5) is 2.30. The van der Waals surface area contributed by atoms with Crippen molar-refractivity contribution in [3.05, 3.63) is 102 Å². The van der Waals surface area contributed by atoms with Gasteiger partial charge in [0, 0.05) is 42.9 Å². The molecule has 0 amide bonds. The fourth-order valence-corrected chi connectivity index (χ4v) is 3.39. The summed E-state index contributed by atoms with van der Waals surface area (Å²) in [5.74, 6) is 0. The molecule has 2 nitrogen and oxygen atoms in total. The summed E-state index contributed by atoms with van der Waals surface area (Å²) in [5, 5.41) is 1.33. The number of para-hydroxylation sites is 2. The van der Waals surface area contributed by atoms with Crippen LogP contribution in [0.15, 0.2) is 91.1 Å². The molecule has 0 N–H and O–H groups in total. The zero-order valence-electron chi connectivity index (χ0n) is 14.5. The number of benzene rings is 3. The second kappa shape index (κ2) is 6.86. The largest absolute Gasteiger partial charge is 0.370 e. The lowest BCUT2D eigenvalue weighted by molar-refractivity contribution is 0.824. The molecular weight excluding hydrogens is 304 g/mol. The van der Waals surface area contributed by atoms with Crippen LogP contribution in [0.4, 0.5) is 5.69 Å². The van der Waals surface area contributed by atoms with Crippen LogP contribution in [0.5, 0.6) is 0 Å². The Bertz CT molecular complexity index is 955. The van der Waals surface area contributed by atoms with Crippen LogP contribution in [0.1, 0.15) is 11.1 Å². The van der Waals surface area contributed by atoms with Gasteiger partial charge in [0.1, 0.15) is 0 Å². The SMILES string of the molecule is CN(Cc1cn(Cc2ccccc2)c2ccccc12)c1ccccc1. The number of anilines is 1. The number of fused-ring (bicyclic) bond motifs is 1. The molecule has 0 aliphatic carbocycles. The molecule has 4 aromatic rings. The molecular formula is C23H22N2. The normalized spacial score (nSPS) is 10.9. The Morgan fingerprint density at radius 1 is 0.760 bits per heavy atom. The van der Waals surface area contributed by atoms with E-state index in [1.54, 1.807) is 0 Å². The Morgan fingerprint density at radius 3 is 2.16 bits per heavy atom. The zero-order valence-corrected chi connectivity index (χ0v) is 14.5. The van der Waals surface area contributed by atoms with Gasteiger partial charge in [0.05, 0.1) is 0 Å². The van der Waals surface area contributed by atoms with Gasteiger partial charge in [-0.25, -0.2) is 0 Å². The lowest BCUT2D eigenvalue weighted by atomic mass is 10.1.